The summed E-state index contributed by atoms with van der Waals surface area (Å²) in [6.07, 6.45) is 4.34. The lowest BCUT2D eigenvalue weighted by Crippen LogP contribution is -2.58. The molecule has 1 atom stereocenters. The van der Waals surface area contributed by atoms with Crippen LogP contribution in [-0.4, -0.2) is 55.0 Å². The first-order chi connectivity index (χ1) is 8.89. The Morgan fingerprint density at radius 2 is 1.95 bits per heavy atom. The Morgan fingerprint density at radius 3 is 2.53 bits per heavy atom. The zero-order valence-electron chi connectivity index (χ0n) is 11.1. The number of hydrogen-bond donors (Lipinski definition) is 0. The van der Waals surface area contributed by atoms with Crippen LogP contribution in [0.3, 0.4) is 0 Å². The van der Waals surface area contributed by atoms with E-state index >= 15 is 0 Å². The van der Waals surface area contributed by atoms with E-state index in [9.17, 15) is 13.2 Å². The van der Waals surface area contributed by atoms with Crippen molar-refractivity contribution in [3.05, 3.63) is 0 Å². The van der Waals surface area contributed by atoms with Gasteiger partial charge in [0.15, 0.2) is 0 Å². The lowest BCUT2D eigenvalue weighted by Gasteiger charge is -2.44. The first kappa shape index (κ1) is 14.3. The number of nitriles is 1. The van der Waals surface area contributed by atoms with Gasteiger partial charge in [-0.2, -0.15) is 9.57 Å². The standard InChI is InChI=1S/C12H19N3O3S/c1-19(17,18)15-9-3-6-12(15)5-2-8-14(10-12)11(16)4-7-13/h2-6,8-10H2,1H3. The third-order valence-electron chi connectivity index (χ3n) is 4.07. The first-order valence-corrected chi connectivity index (χ1v) is 8.36. The SMILES string of the molecule is CS(=O)(=O)N1CCCC12CCCN(C(=O)CC#N)C2. The molecule has 2 aliphatic heterocycles. The van der Waals surface area contributed by atoms with Gasteiger partial charge < -0.3 is 4.90 Å². The molecule has 106 valence electrons. The molecule has 2 rings (SSSR count). The Labute approximate surface area is 114 Å². The van der Waals surface area contributed by atoms with Crippen molar-refractivity contribution >= 4 is 15.9 Å². The molecular formula is C12H19N3O3S. The Bertz CT molecular complexity index is 511. The summed E-state index contributed by atoms with van der Waals surface area (Å²) in [6.45, 7) is 1.60. The van der Waals surface area contributed by atoms with Crippen molar-refractivity contribution in [3.63, 3.8) is 0 Å². The van der Waals surface area contributed by atoms with Gasteiger partial charge in [-0.15, -0.1) is 0 Å². The zero-order chi connectivity index (χ0) is 14.1. The van der Waals surface area contributed by atoms with Gasteiger partial charge in [0.25, 0.3) is 0 Å². The molecule has 0 radical (unpaired) electrons. The van der Waals surface area contributed by atoms with Gasteiger partial charge in [-0.1, -0.05) is 0 Å². The van der Waals surface area contributed by atoms with Crippen LogP contribution in [0.1, 0.15) is 32.1 Å². The maximum atomic E-state index is 11.9. The summed E-state index contributed by atoms with van der Waals surface area (Å²) in [6, 6.07) is 1.86. The van der Waals surface area contributed by atoms with Gasteiger partial charge in [-0.25, -0.2) is 8.42 Å². The summed E-state index contributed by atoms with van der Waals surface area (Å²) in [5.41, 5.74) is -0.434. The zero-order valence-corrected chi connectivity index (χ0v) is 11.9. The number of rotatable bonds is 2. The normalized spacial score (nSPS) is 28.5. The van der Waals surface area contributed by atoms with E-state index in [0.717, 1.165) is 25.7 Å². The lowest BCUT2D eigenvalue weighted by atomic mass is 9.87. The number of carbonyl (C=O) groups excluding carboxylic acids is 1. The minimum Gasteiger partial charge on any atom is -0.340 e. The number of likely N-dealkylation sites (tertiary alicyclic amines) is 1. The maximum Gasteiger partial charge on any atom is 0.236 e. The van der Waals surface area contributed by atoms with Gasteiger partial charge in [0.2, 0.25) is 15.9 Å². The molecule has 0 saturated carbocycles. The van der Waals surface area contributed by atoms with Crippen LogP contribution in [0, 0.1) is 11.3 Å². The van der Waals surface area contributed by atoms with Crippen LogP contribution in [-0.2, 0) is 14.8 Å². The van der Waals surface area contributed by atoms with Gasteiger partial charge in [-0.05, 0) is 25.7 Å². The molecule has 0 N–H and O–H groups in total. The van der Waals surface area contributed by atoms with Crippen molar-refractivity contribution < 1.29 is 13.2 Å². The average Bonchev–Trinajstić information content (AvgIpc) is 2.72. The first-order valence-electron chi connectivity index (χ1n) is 6.52. The third-order valence-corrected chi connectivity index (χ3v) is 5.44. The Hall–Kier alpha value is -1.13. The predicted octanol–water partition coefficient (Wildman–Crippen LogP) is 0.317. The van der Waals surface area contributed by atoms with Crippen LogP contribution in [0.2, 0.25) is 0 Å². The highest BCUT2D eigenvalue weighted by Gasteiger charge is 2.48. The molecule has 0 bridgehead atoms. The number of carbonyl (C=O) groups is 1. The number of piperidine rings is 1. The Kier molecular flexibility index (Phi) is 3.83. The fourth-order valence-electron chi connectivity index (χ4n) is 3.34. The molecule has 1 unspecified atom stereocenters. The summed E-state index contributed by atoms with van der Waals surface area (Å²) >= 11 is 0. The summed E-state index contributed by atoms with van der Waals surface area (Å²) in [7, 11) is -3.24. The van der Waals surface area contributed by atoms with Crippen LogP contribution in [0.15, 0.2) is 0 Å². The van der Waals surface area contributed by atoms with Gasteiger partial charge >= 0.3 is 0 Å². The van der Waals surface area contributed by atoms with E-state index in [4.69, 9.17) is 5.26 Å². The number of sulfonamides is 1. The summed E-state index contributed by atoms with van der Waals surface area (Å²) in [5, 5.41) is 8.60. The molecule has 0 aromatic heterocycles. The van der Waals surface area contributed by atoms with Gasteiger partial charge in [0.05, 0.1) is 17.9 Å². The fraction of sp³-hybridized carbons (Fsp3) is 0.833. The number of hydrogen-bond acceptors (Lipinski definition) is 4. The number of nitrogens with zero attached hydrogens (tertiary/aromatic N) is 3. The molecule has 1 spiro atoms. The molecular weight excluding hydrogens is 266 g/mol. The summed E-state index contributed by atoms with van der Waals surface area (Å²) < 4.78 is 25.3. The molecule has 0 aromatic carbocycles. The molecule has 1 amide bonds. The Balaban J connectivity index is 2.20. The smallest absolute Gasteiger partial charge is 0.236 e. The highest BCUT2D eigenvalue weighted by atomic mass is 32.2. The molecule has 2 heterocycles. The van der Waals surface area contributed by atoms with Crippen molar-refractivity contribution in [1.82, 2.24) is 9.21 Å². The second kappa shape index (κ2) is 5.10. The molecule has 2 fully saturated rings. The van der Waals surface area contributed by atoms with E-state index in [1.807, 2.05) is 6.07 Å². The van der Waals surface area contributed by atoms with Gasteiger partial charge in [0.1, 0.15) is 6.42 Å². The summed E-state index contributed by atoms with van der Waals surface area (Å²) in [4.78, 5) is 13.5. The molecule has 19 heavy (non-hydrogen) atoms. The molecule has 0 aliphatic carbocycles. The van der Waals surface area contributed by atoms with Crippen molar-refractivity contribution in [2.75, 3.05) is 25.9 Å². The van der Waals surface area contributed by atoms with Crippen LogP contribution in [0.25, 0.3) is 0 Å². The van der Waals surface area contributed by atoms with Gasteiger partial charge in [-0.3, -0.25) is 4.79 Å². The van der Waals surface area contributed by atoms with Crippen LogP contribution in [0.5, 0.6) is 0 Å². The van der Waals surface area contributed by atoms with E-state index < -0.39 is 15.6 Å². The predicted molar refractivity (Wildman–Crippen MR) is 69.6 cm³/mol. The molecule has 2 aliphatic rings. The highest BCUT2D eigenvalue weighted by Crippen LogP contribution is 2.38. The second-order valence-corrected chi connectivity index (χ2v) is 7.32. The quantitative estimate of drug-likeness (QED) is 0.731. The Morgan fingerprint density at radius 1 is 1.32 bits per heavy atom. The maximum absolute atomic E-state index is 11.9. The van der Waals surface area contributed by atoms with E-state index in [1.165, 1.54) is 6.26 Å². The largest absolute Gasteiger partial charge is 0.340 e. The van der Waals surface area contributed by atoms with Crippen molar-refractivity contribution in [1.29, 1.82) is 5.26 Å². The van der Waals surface area contributed by atoms with Gasteiger partial charge in [0, 0.05) is 19.6 Å². The second-order valence-electron chi connectivity index (χ2n) is 5.42. The molecule has 7 heteroatoms. The number of amides is 1. The third kappa shape index (κ3) is 2.74. The average molecular weight is 285 g/mol. The highest BCUT2D eigenvalue weighted by molar-refractivity contribution is 7.88. The van der Waals surface area contributed by atoms with E-state index in [0.29, 0.717) is 19.6 Å². The van der Waals surface area contributed by atoms with E-state index in [1.54, 1.807) is 9.21 Å². The molecule has 0 aromatic rings. The lowest BCUT2D eigenvalue weighted by molar-refractivity contribution is -0.133. The summed E-state index contributed by atoms with van der Waals surface area (Å²) in [5.74, 6) is -0.193. The topological polar surface area (TPSA) is 81.5 Å². The fourth-order valence-corrected chi connectivity index (χ4v) is 4.75. The monoisotopic (exact) mass is 285 g/mol. The minimum atomic E-state index is -3.24. The van der Waals surface area contributed by atoms with E-state index in [-0.39, 0.29) is 12.3 Å². The van der Waals surface area contributed by atoms with Crippen LogP contribution in [0.4, 0.5) is 0 Å². The molecule has 6 nitrogen and oxygen atoms in total. The molecule has 2 saturated heterocycles. The van der Waals surface area contributed by atoms with Crippen LogP contribution >= 0.6 is 0 Å². The van der Waals surface area contributed by atoms with Crippen molar-refractivity contribution in [3.8, 4) is 6.07 Å². The minimum absolute atomic E-state index is 0.130. The van der Waals surface area contributed by atoms with Crippen molar-refractivity contribution in [2.24, 2.45) is 0 Å². The van der Waals surface area contributed by atoms with Crippen molar-refractivity contribution in [2.45, 2.75) is 37.6 Å². The van der Waals surface area contributed by atoms with Crippen LogP contribution < -0.4 is 0 Å². The van der Waals surface area contributed by atoms with E-state index in [2.05, 4.69) is 0 Å².